The third kappa shape index (κ3) is 6.68. The van der Waals surface area contributed by atoms with Crippen LogP contribution in [0, 0.1) is 11.3 Å². The number of amides is 1. The average Bonchev–Trinajstić information content (AvgIpc) is 2.71. The van der Waals surface area contributed by atoms with Gasteiger partial charge in [-0.15, -0.1) is 0 Å². The van der Waals surface area contributed by atoms with Crippen LogP contribution in [-0.2, 0) is 14.8 Å². The monoisotopic (exact) mass is 446 g/mol. The van der Waals surface area contributed by atoms with Gasteiger partial charge in [0.2, 0.25) is 15.9 Å². The second-order valence-electron chi connectivity index (χ2n) is 6.93. The van der Waals surface area contributed by atoms with Crippen molar-refractivity contribution in [2.24, 2.45) is 0 Å². The Bertz CT molecular complexity index is 1050. The number of nitrogens with zero attached hydrogens (tertiary/aromatic N) is 2. The van der Waals surface area contributed by atoms with E-state index < -0.39 is 21.7 Å². The minimum absolute atomic E-state index is 0.00113. The molecule has 0 heterocycles. The smallest absolute Gasteiger partial charge is 0.229 e. The Kier molecular flexibility index (Phi) is 7.99. The summed E-state index contributed by atoms with van der Waals surface area (Å²) in [5.41, 5.74) is -0.803. The number of ether oxygens (including phenoxy) is 1. The van der Waals surface area contributed by atoms with E-state index in [4.69, 9.17) is 4.74 Å². The molecule has 0 bridgehead atoms. The molecule has 0 fully saturated rings. The lowest BCUT2D eigenvalue weighted by Crippen LogP contribution is -2.60. The van der Waals surface area contributed by atoms with Crippen molar-refractivity contribution in [3.05, 3.63) is 54.1 Å². The van der Waals surface area contributed by atoms with E-state index in [0.717, 1.165) is 6.26 Å². The van der Waals surface area contributed by atoms with Crippen LogP contribution in [0.2, 0.25) is 0 Å². The van der Waals surface area contributed by atoms with Crippen molar-refractivity contribution in [1.82, 2.24) is 5.32 Å². The first kappa shape index (κ1) is 24.1. The number of likely N-dealkylation sites (N-methyl/N-ethyl adjacent to an activating group) is 1. The number of carbonyl (C=O) groups is 1. The van der Waals surface area contributed by atoms with Crippen LogP contribution in [0.25, 0.3) is 0 Å². The Morgan fingerprint density at radius 2 is 1.87 bits per heavy atom. The van der Waals surface area contributed by atoms with Crippen molar-refractivity contribution >= 4 is 27.3 Å². The molecular weight excluding hydrogens is 420 g/mol. The van der Waals surface area contributed by atoms with E-state index >= 15 is 0 Å². The van der Waals surface area contributed by atoms with E-state index in [9.17, 15) is 23.6 Å². The zero-order valence-electron chi connectivity index (χ0n) is 17.6. The SMILES string of the molecule is CCNCC(O)(COc1ccccc1C#N)N(C(C)=O)c1ccc(NS(C)(=O)=O)cc1. The van der Waals surface area contributed by atoms with Gasteiger partial charge in [0.15, 0.2) is 5.72 Å². The summed E-state index contributed by atoms with van der Waals surface area (Å²) in [6.45, 7) is 3.40. The normalized spacial score (nSPS) is 13.0. The number of carbonyl (C=O) groups excluding carboxylic acids is 1. The van der Waals surface area contributed by atoms with Gasteiger partial charge in [-0.1, -0.05) is 19.1 Å². The van der Waals surface area contributed by atoms with Gasteiger partial charge in [0.1, 0.15) is 18.4 Å². The molecule has 1 atom stereocenters. The molecule has 31 heavy (non-hydrogen) atoms. The van der Waals surface area contributed by atoms with Gasteiger partial charge in [-0.25, -0.2) is 8.42 Å². The van der Waals surface area contributed by atoms with Gasteiger partial charge in [-0.2, -0.15) is 5.26 Å². The predicted octanol–water partition coefficient (Wildman–Crippen LogP) is 1.66. The van der Waals surface area contributed by atoms with E-state index in [1.165, 1.54) is 36.1 Å². The quantitative estimate of drug-likeness (QED) is 0.473. The number of anilines is 2. The van der Waals surface area contributed by atoms with Crippen molar-refractivity contribution in [3.8, 4) is 11.8 Å². The van der Waals surface area contributed by atoms with Crippen LogP contribution in [0.4, 0.5) is 11.4 Å². The number of hydrogen-bond donors (Lipinski definition) is 3. The van der Waals surface area contributed by atoms with Crippen LogP contribution in [0.1, 0.15) is 19.4 Å². The molecular formula is C21H26N4O5S. The van der Waals surface area contributed by atoms with Crippen LogP contribution in [0.5, 0.6) is 5.75 Å². The molecule has 2 aromatic rings. The number of nitriles is 1. The molecule has 10 heteroatoms. The molecule has 0 aliphatic carbocycles. The highest BCUT2D eigenvalue weighted by Crippen LogP contribution is 2.27. The molecule has 3 N–H and O–H groups in total. The van der Waals surface area contributed by atoms with E-state index in [-0.39, 0.29) is 18.9 Å². The lowest BCUT2D eigenvalue weighted by atomic mass is 10.1. The van der Waals surface area contributed by atoms with Crippen molar-refractivity contribution < 1.29 is 23.1 Å². The summed E-state index contributed by atoms with van der Waals surface area (Å²) in [6.07, 6.45) is 1.04. The first-order chi connectivity index (χ1) is 14.6. The van der Waals surface area contributed by atoms with Crippen LogP contribution in [-0.4, -0.2) is 51.1 Å². The van der Waals surface area contributed by atoms with Crippen molar-refractivity contribution in [1.29, 1.82) is 5.26 Å². The Hall–Kier alpha value is -3.13. The van der Waals surface area contributed by atoms with E-state index in [0.29, 0.717) is 23.5 Å². The highest BCUT2D eigenvalue weighted by molar-refractivity contribution is 7.92. The maximum absolute atomic E-state index is 12.5. The second kappa shape index (κ2) is 10.3. The lowest BCUT2D eigenvalue weighted by molar-refractivity contribution is -0.122. The zero-order chi connectivity index (χ0) is 23.1. The highest BCUT2D eigenvalue weighted by Gasteiger charge is 2.38. The number of sulfonamides is 1. The molecule has 2 aromatic carbocycles. The van der Waals surface area contributed by atoms with Gasteiger partial charge < -0.3 is 15.2 Å². The molecule has 0 saturated heterocycles. The first-order valence-electron chi connectivity index (χ1n) is 9.53. The number of nitrogens with one attached hydrogen (secondary N) is 2. The van der Waals surface area contributed by atoms with Crippen molar-refractivity contribution in [2.75, 3.05) is 35.6 Å². The molecule has 166 valence electrons. The summed E-state index contributed by atoms with van der Waals surface area (Å²) in [6, 6.07) is 14.7. The topological polar surface area (TPSA) is 132 Å². The maximum atomic E-state index is 12.5. The Morgan fingerprint density at radius 3 is 2.42 bits per heavy atom. The number of para-hydroxylation sites is 1. The predicted molar refractivity (Wildman–Crippen MR) is 118 cm³/mol. The fourth-order valence-corrected chi connectivity index (χ4v) is 3.57. The molecule has 0 spiro atoms. The molecule has 2 rings (SSSR count). The molecule has 0 aliphatic rings. The standard InChI is InChI=1S/C21H26N4O5S/c1-4-23-14-21(27,15-30-20-8-6-5-7-17(20)13-22)25(16(2)26)19-11-9-18(10-12-19)24-31(3,28)29/h5-12,23-24,27H,4,14-15H2,1-3H3. The van der Waals surface area contributed by atoms with Crippen LogP contribution < -0.4 is 19.7 Å². The van der Waals surface area contributed by atoms with Gasteiger partial charge in [0.05, 0.1) is 11.8 Å². The summed E-state index contributed by atoms with van der Waals surface area (Å²) in [5.74, 6) is -0.155. The Balaban J connectivity index is 2.36. The van der Waals surface area contributed by atoms with Gasteiger partial charge in [-0.05, 0) is 42.9 Å². The van der Waals surface area contributed by atoms with Gasteiger partial charge in [0.25, 0.3) is 0 Å². The number of hydrogen-bond acceptors (Lipinski definition) is 7. The summed E-state index contributed by atoms with van der Waals surface area (Å²) < 4.78 is 30.9. The summed E-state index contributed by atoms with van der Waals surface area (Å²) in [4.78, 5) is 13.7. The van der Waals surface area contributed by atoms with Gasteiger partial charge in [-0.3, -0.25) is 14.4 Å². The molecule has 0 saturated carbocycles. The van der Waals surface area contributed by atoms with E-state index in [1.54, 1.807) is 24.3 Å². The Labute approximate surface area is 182 Å². The third-order valence-corrected chi connectivity index (χ3v) is 4.89. The number of rotatable bonds is 10. The molecule has 0 aliphatic heterocycles. The maximum Gasteiger partial charge on any atom is 0.229 e. The van der Waals surface area contributed by atoms with Crippen molar-refractivity contribution in [3.63, 3.8) is 0 Å². The summed E-state index contributed by atoms with van der Waals surface area (Å²) in [7, 11) is -3.45. The minimum atomic E-state index is -3.45. The fraction of sp³-hybridized carbons (Fsp3) is 0.333. The Morgan fingerprint density at radius 1 is 1.23 bits per heavy atom. The number of benzene rings is 2. The van der Waals surface area contributed by atoms with Crippen molar-refractivity contribution in [2.45, 2.75) is 19.6 Å². The number of aliphatic hydroxyl groups is 1. The van der Waals surface area contributed by atoms with Gasteiger partial charge >= 0.3 is 0 Å². The molecule has 1 amide bonds. The van der Waals surface area contributed by atoms with Gasteiger partial charge in [0, 0.05) is 24.8 Å². The average molecular weight is 447 g/mol. The van der Waals surface area contributed by atoms with Crippen LogP contribution in [0.3, 0.4) is 0 Å². The summed E-state index contributed by atoms with van der Waals surface area (Å²) in [5, 5.41) is 23.7. The fourth-order valence-electron chi connectivity index (χ4n) is 3.01. The van der Waals surface area contributed by atoms with Crippen LogP contribution in [0.15, 0.2) is 48.5 Å². The molecule has 9 nitrogen and oxygen atoms in total. The third-order valence-electron chi connectivity index (χ3n) is 4.28. The zero-order valence-corrected chi connectivity index (χ0v) is 18.4. The largest absolute Gasteiger partial charge is 0.487 e. The first-order valence-corrected chi connectivity index (χ1v) is 11.4. The second-order valence-corrected chi connectivity index (χ2v) is 8.68. The highest BCUT2D eigenvalue weighted by atomic mass is 32.2. The van der Waals surface area contributed by atoms with E-state index in [2.05, 4.69) is 10.0 Å². The molecule has 0 aromatic heterocycles. The minimum Gasteiger partial charge on any atom is -0.487 e. The molecule has 1 unspecified atom stereocenters. The van der Waals surface area contributed by atoms with E-state index in [1.807, 2.05) is 13.0 Å². The summed E-state index contributed by atoms with van der Waals surface area (Å²) >= 11 is 0. The lowest BCUT2D eigenvalue weighted by Gasteiger charge is -2.39. The van der Waals surface area contributed by atoms with Crippen LogP contribution >= 0.6 is 0 Å². The molecule has 0 radical (unpaired) electrons.